The van der Waals surface area contributed by atoms with Crippen molar-refractivity contribution in [1.82, 2.24) is 4.98 Å². The van der Waals surface area contributed by atoms with Gasteiger partial charge in [-0.1, -0.05) is 0 Å². The van der Waals surface area contributed by atoms with Crippen LogP contribution in [0.25, 0.3) is 10.9 Å². The molecule has 0 fully saturated rings. The number of nitrogens with one attached hydrogen (secondary N) is 1. The molecule has 0 atom stereocenters. The van der Waals surface area contributed by atoms with Crippen LogP contribution in [-0.2, 0) is 4.79 Å². The number of fused-ring (bicyclic) bond motifs is 1. The first-order valence-electron chi connectivity index (χ1n) is 6.50. The molecule has 0 bridgehead atoms. The summed E-state index contributed by atoms with van der Waals surface area (Å²) in [6.07, 6.45) is 0. The van der Waals surface area contributed by atoms with Crippen LogP contribution < -0.4 is 16.8 Å². The number of nitrogens with two attached hydrogens (primary N) is 2. The normalized spacial score (nSPS) is 11.6. The SMILES string of the molecule is Cc1cc(NCC(C)(C)C(N)=O)c2cc(N)ccc2n1. The van der Waals surface area contributed by atoms with Gasteiger partial charge in [-0.3, -0.25) is 9.78 Å². The number of benzene rings is 1. The van der Waals surface area contributed by atoms with E-state index in [9.17, 15) is 4.79 Å². The van der Waals surface area contributed by atoms with Gasteiger partial charge in [-0.2, -0.15) is 0 Å². The maximum atomic E-state index is 11.4. The fourth-order valence-electron chi connectivity index (χ4n) is 1.93. The fourth-order valence-corrected chi connectivity index (χ4v) is 1.93. The maximum absolute atomic E-state index is 11.4. The molecule has 106 valence electrons. The largest absolute Gasteiger partial charge is 0.399 e. The Balaban J connectivity index is 2.38. The summed E-state index contributed by atoms with van der Waals surface area (Å²) >= 11 is 0. The molecule has 1 heterocycles. The molecule has 1 aromatic carbocycles. The lowest BCUT2D eigenvalue weighted by Gasteiger charge is -2.22. The standard InChI is InChI=1S/C15H20N4O/c1-9-6-13(18-8-15(2,3)14(17)20)11-7-10(16)4-5-12(11)19-9/h4-7H,8,16H2,1-3H3,(H2,17,20)(H,18,19). The number of carbonyl (C=O) groups is 1. The van der Waals surface area contributed by atoms with Gasteiger partial charge in [-0.05, 0) is 45.0 Å². The highest BCUT2D eigenvalue weighted by molar-refractivity contribution is 5.93. The molecule has 1 aromatic heterocycles. The molecule has 5 nitrogen and oxygen atoms in total. The Morgan fingerprint density at radius 1 is 1.35 bits per heavy atom. The van der Waals surface area contributed by atoms with E-state index in [-0.39, 0.29) is 5.91 Å². The second kappa shape index (κ2) is 5.00. The molecule has 0 spiro atoms. The number of primary amides is 1. The average Bonchev–Trinajstić information content (AvgIpc) is 2.36. The number of amides is 1. The number of hydrogen-bond acceptors (Lipinski definition) is 4. The quantitative estimate of drug-likeness (QED) is 0.742. The van der Waals surface area contributed by atoms with E-state index < -0.39 is 5.41 Å². The summed E-state index contributed by atoms with van der Waals surface area (Å²) < 4.78 is 0. The molecule has 0 aliphatic heterocycles. The smallest absolute Gasteiger partial charge is 0.224 e. The number of nitrogen functional groups attached to an aromatic ring is 1. The second-order valence-corrected chi connectivity index (χ2v) is 5.69. The summed E-state index contributed by atoms with van der Waals surface area (Å²) in [4.78, 5) is 15.8. The molecule has 2 aromatic rings. The third kappa shape index (κ3) is 2.82. The van der Waals surface area contributed by atoms with E-state index in [2.05, 4.69) is 10.3 Å². The van der Waals surface area contributed by atoms with Crippen LogP contribution >= 0.6 is 0 Å². The zero-order valence-corrected chi connectivity index (χ0v) is 12.0. The van der Waals surface area contributed by atoms with Crippen LogP contribution in [-0.4, -0.2) is 17.4 Å². The number of nitrogens with zero attached hydrogens (tertiary/aromatic N) is 1. The Morgan fingerprint density at radius 2 is 2.05 bits per heavy atom. The van der Waals surface area contributed by atoms with Crippen molar-refractivity contribution in [2.75, 3.05) is 17.6 Å². The Morgan fingerprint density at radius 3 is 2.70 bits per heavy atom. The van der Waals surface area contributed by atoms with Crippen LogP contribution in [0.4, 0.5) is 11.4 Å². The number of hydrogen-bond donors (Lipinski definition) is 3. The zero-order chi connectivity index (χ0) is 14.9. The third-order valence-electron chi connectivity index (χ3n) is 3.35. The van der Waals surface area contributed by atoms with Crippen LogP contribution in [0.2, 0.25) is 0 Å². The van der Waals surface area contributed by atoms with E-state index in [1.807, 2.05) is 45.0 Å². The molecule has 0 saturated heterocycles. The number of aryl methyl sites for hydroxylation is 1. The predicted octanol–water partition coefficient (Wildman–Crippen LogP) is 2.05. The van der Waals surface area contributed by atoms with E-state index in [1.54, 1.807) is 0 Å². The lowest BCUT2D eigenvalue weighted by Crippen LogP contribution is -2.37. The molecular formula is C15H20N4O. The Labute approximate surface area is 118 Å². The topological polar surface area (TPSA) is 94.0 Å². The summed E-state index contributed by atoms with van der Waals surface area (Å²) in [7, 11) is 0. The maximum Gasteiger partial charge on any atom is 0.224 e. The number of pyridine rings is 1. The third-order valence-corrected chi connectivity index (χ3v) is 3.35. The lowest BCUT2D eigenvalue weighted by molar-refractivity contribution is -0.125. The van der Waals surface area contributed by atoms with Crippen molar-refractivity contribution < 1.29 is 4.79 Å². The first-order chi connectivity index (χ1) is 9.29. The van der Waals surface area contributed by atoms with Gasteiger partial charge in [0, 0.05) is 29.0 Å². The Kier molecular flexibility index (Phi) is 3.53. The van der Waals surface area contributed by atoms with Crippen molar-refractivity contribution in [3.05, 3.63) is 30.0 Å². The van der Waals surface area contributed by atoms with Gasteiger partial charge in [0.05, 0.1) is 10.9 Å². The molecule has 0 radical (unpaired) electrons. The minimum Gasteiger partial charge on any atom is -0.399 e. The summed E-state index contributed by atoms with van der Waals surface area (Å²) in [5.41, 5.74) is 14.0. The van der Waals surface area contributed by atoms with Gasteiger partial charge in [0.15, 0.2) is 0 Å². The molecule has 0 aliphatic carbocycles. The summed E-state index contributed by atoms with van der Waals surface area (Å²) in [5, 5.41) is 4.22. The van der Waals surface area contributed by atoms with Gasteiger partial charge < -0.3 is 16.8 Å². The molecule has 0 unspecified atom stereocenters. The second-order valence-electron chi connectivity index (χ2n) is 5.69. The molecule has 5 heteroatoms. The first kappa shape index (κ1) is 14.1. The van der Waals surface area contributed by atoms with Crippen molar-refractivity contribution in [1.29, 1.82) is 0 Å². The van der Waals surface area contributed by atoms with Crippen LogP contribution in [0.15, 0.2) is 24.3 Å². The van der Waals surface area contributed by atoms with Crippen molar-refractivity contribution >= 4 is 28.2 Å². The monoisotopic (exact) mass is 272 g/mol. The van der Waals surface area contributed by atoms with Crippen molar-refractivity contribution in [2.45, 2.75) is 20.8 Å². The number of anilines is 2. The average molecular weight is 272 g/mol. The molecule has 20 heavy (non-hydrogen) atoms. The van der Waals surface area contributed by atoms with Gasteiger partial charge in [0.25, 0.3) is 0 Å². The molecular weight excluding hydrogens is 252 g/mol. The van der Waals surface area contributed by atoms with Gasteiger partial charge in [0.2, 0.25) is 5.91 Å². The van der Waals surface area contributed by atoms with E-state index >= 15 is 0 Å². The van der Waals surface area contributed by atoms with Crippen LogP contribution in [0.5, 0.6) is 0 Å². The summed E-state index contributed by atoms with van der Waals surface area (Å²) in [5.74, 6) is -0.334. The first-order valence-corrected chi connectivity index (χ1v) is 6.50. The highest BCUT2D eigenvalue weighted by Crippen LogP contribution is 2.26. The van der Waals surface area contributed by atoms with Crippen molar-refractivity contribution in [3.8, 4) is 0 Å². The van der Waals surface area contributed by atoms with Gasteiger partial charge in [-0.25, -0.2) is 0 Å². The summed E-state index contributed by atoms with van der Waals surface area (Å²) in [6, 6.07) is 7.54. The Bertz CT molecular complexity index is 664. The highest BCUT2D eigenvalue weighted by Gasteiger charge is 2.24. The molecule has 2 rings (SSSR count). The van der Waals surface area contributed by atoms with E-state index in [4.69, 9.17) is 11.5 Å². The predicted molar refractivity (Wildman–Crippen MR) is 82.4 cm³/mol. The van der Waals surface area contributed by atoms with E-state index in [0.29, 0.717) is 12.2 Å². The summed E-state index contributed by atoms with van der Waals surface area (Å²) in [6.45, 7) is 6.01. The number of rotatable bonds is 4. The minimum absolute atomic E-state index is 0.334. The molecule has 1 amide bonds. The lowest BCUT2D eigenvalue weighted by atomic mass is 9.92. The molecule has 0 aliphatic rings. The van der Waals surface area contributed by atoms with E-state index in [0.717, 1.165) is 22.3 Å². The molecule has 0 saturated carbocycles. The fraction of sp³-hybridized carbons (Fsp3) is 0.333. The molecule has 5 N–H and O–H groups in total. The zero-order valence-electron chi connectivity index (χ0n) is 12.0. The number of carbonyl (C=O) groups excluding carboxylic acids is 1. The van der Waals surface area contributed by atoms with Crippen LogP contribution in [0, 0.1) is 12.3 Å². The van der Waals surface area contributed by atoms with Gasteiger partial charge in [-0.15, -0.1) is 0 Å². The van der Waals surface area contributed by atoms with E-state index in [1.165, 1.54) is 0 Å². The highest BCUT2D eigenvalue weighted by atomic mass is 16.1. The number of aromatic nitrogens is 1. The Hall–Kier alpha value is -2.30. The van der Waals surface area contributed by atoms with Crippen LogP contribution in [0.1, 0.15) is 19.5 Å². The minimum atomic E-state index is -0.621. The van der Waals surface area contributed by atoms with Crippen molar-refractivity contribution in [3.63, 3.8) is 0 Å². The van der Waals surface area contributed by atoms with Gasteiger partial charge in [0.1, 0.15) is 0 Å². The van der Waals surface area contributed by atoms with Crippen molar-refractivity contribution in [2.24, 2.45) is 11.1 Å². The van der Waals surface area contributed by atoms with Gasteiger partial charge >= 0.3 is 0 Å². The van der Waals surface area contributed by atoms with Crippen LogP contribution in [0.3, 0.4) is 0 Å².